The van der Waals surface area contributed by atoms with E-state index in [1.54, 1.807) is 26.5 Å². The third kappa shape index (κ3) is 3.39. The number of rotatable bonds is 3. The van der Waals surface area contributed by atoms with Crippen LogP contribution >= 0.6 is 0 Å². The monoisotopic (exact) mass is 468 g/mol. The summed E-state index contributed by atoms with van der Waals surface area (Å²) in [4.78, 5) is 20.0. The molecule has 0 aliphatic carbocycles. The molecule has 0 aromatic carbocycles. The second kappa shape index (κ2) is 7.84. The number of carbonyl (C=O) groups is 1. The molecule has 0 bridgehead atoms. The highest BCUT2D eigenvalue weighted by Crippen LogP contribution is 2.41. The number of nitriles is 1. The highest BCUT2D eigenvalue weighted by molar-refractivity contribution is 5.87. The van der Waals surface area contributed by atoms with E-state index < -0.39 is 6.09 Å². The van der Waals surface area contributed by atoms with Crippen LogP contribution in [0.1, 0.15) is 24.8 Å². The Morgan fingerprint density at radius 3 is 2.43 bits per heavy atom. The molecule has 2 fully saturated rings. The van der Waals surface area contributed by atoms with Gasteiger partial charge >= 0.3 is 6.09 Å². The fourth-order valence-electron chi connectivity index (χ4n) is 5.39. The fraction of sp³-hybridized carbons (Fsp3) is 0.320. The number of pyridine rings is 2. The van der Waals surface area contributed by atoms with Crippen molar-refractivity contribution in [3.8, 4) is 28.3 Å². The first-order valence-electron chi connectivity index (χ1n) is 11.6. The number of aromatic nitrogens is 5. The Labute approximate surface area is 201 Å². The Morgan fingerprint density at radius 1 is 1.03 bits per heavy atom. The summed E-state index contributed by atoms with van der Waals surface area (Å²) >= 11 is 0. The van der Waals surface area contributed by atoms with Crippen molar-refractivity contribution in [1.29, 1.82) is 5.26 Å². The van der Waals surface area contributed by atoms with E-state index in [1.165, 1.54) is 0 Å². The molecule has 0 unspecified atom stereocenters. The van der Waals surface area contributed by atoms with Crippen LogP contribution in [0.5, 0.6) is 0 Å². The van der Waals surface area contributed by atoms with Gasteiger partial charge in [-0.15, -0.1) is 0 Å². The molecule has 176 valence electrons. The fourth-order valence-corrected chi connectivity index (χ4v) is 5.39. The summed E-state index contributed by atoms with van der Waals surface area (Å²) in [6, 6.07) is 8.31. The molecular formula is C25H24N8O2. The second-order valence-electron chi connectivity index (χ2n) is 9.31. The molecule has 10 nitrogen and oxygen atoms in total. The van der Waals surface area contributed by atoms with Crippen molar-refractivity contribution in [3.63, 3.8) is 0 Å². The molecule has 10 heteroatoms. The van der Waals surface area contributed by atoms with E-state index in [2.05, 4.69) is 21.2 Å². The molecule has 4 aromatic heterocycles. The van der Waals surface area contributed by atoms with E-state index in [4.69, 9.17) is 4.98 Å². The summed E-state index contributed by atoms with van der Waals surface area (Å²) < 4.78 is 3.49. The SMILES string of the molecule is Cn1cc(-c2cc(-c3ccc(N4CCC5(CC4)CCN5C(=O)O)nc3)c3c(C#N)cnn3c2)cn1. The number of piperidine rings is 1. The lowest BCUT2D eigenvalue weighted by Gasteiger charge is -2.55. The maximum Gasteiger partial charge on any atom is 0.407 e. The van der Waals surface area contributed by atoms with Crippen LogP contribution in [-0.4, -0.2) is 65.7 Å². The minimum absolute atomic E-state index is 0.198. The number of hydrogen-bond donors (Lipinski definition) is 1. The zero-order valence-corrected chi connectivity index (χ0v) is 19.3. The van der Waals surface area contributed by atoms with Gasteiger partial charge in [-0.1, -0.05) is 0 Å². The van der Waals surface area contributed by atoms with Gasteiger partial charge in [0.05, 0.1) is 29.0 Å². The Morgan fingerprint density at radius 2 is 1.83 bits per heavy atom. The lowest BCUT2D eigenvalue weighted by molar-refractivity contribution is -0.0160. The van der Waals surface area contributed by atoms with Crippen LogP contribution in [0.15, 0.2) is 49.2 Å². The van der Waals surface area contributed by atoms with Gasteiger partial charge in [-0.3, -0.25) is 4.68 Å². The van der Waals surface area contributed by atoms with Gasteiger partial charge in [0.25, 0.3) is 0 Å². The van der Waals surface area contributed by atoms with Crippen molar-refractivity contribution in [2.75, 3.05) is 24.5 Å². The molecule has 4 aromatic rings. The molecule has 0 saturated carbocycles. The molecule has 35 heavy (non-hydrogen) atoms. The molecule has 2 aliphatic rings. The van der Waals surface area contributed by atoms with E-state index in [1.807, 2.05) is 43.8 Å². The molecule has 1 N–H and O–H groups in total. The molecule has 2 aliphatic heterocycles. The summed E-state index contributed by atoms with van der Waals surface area (Å²) in [5.74, 6) is 0.873. The highest BCUT2D eigenvalue weighted by Gasteiger charge is 2.49. The summed E-state index contributed by atoms with van der Waals surface area (Å²) in [6.45, 7) is 2.18. The average molecular weight is 469 g/mol. The highest BCUT2D eigenvalue weighted by atomic mass is 16.4. The quantitative estimate of drug-likeness (QED) is 0.490. The summed E-state index contributed by atoms with van der Waals surface area (Å²) in [5.41, 5.74) is 4.73. The zero-order valence-electron chi connectivity index (χ0n) is 19.3. The van der Waals surface area contributed by atoms with Crippen molar-refractivity contribution in [2.45, 2.75) is 24.8 Å². The van der Waals surface area contributed by atoms with Gasteiger partial charge in [0, 0.05) is 67.5 Å². The molecule has 0 radical (unpaired) electrons. The number of hydrogen-bond acceptors (Lipinski definition) is 6. The third-order valence-electron chi connectivity index (χ3n) is 7.45. The Kier molecular flexibility index (Phi) is 4.74. The first-order chi connectivity index (χ1) is 17.0. The Balaban J connectivity index is 1.31. The number of likely N-dealkylation sites (tertiary alicyclic amines) is 1. The zero-order chi connectivity index (χ0) is 24.2. The van der Waals surface area contributed by atoms with Gasteiger partial charge in [-0.05, 0) is 37.5 Å². The van der Waals surface area contributed by atoms with Crippen molar-refractivity contribution in [3.05, 3.63) is 54.7 Å². The molecule has 1 amide bonds. The summed E-state index contributed by atoms with van der Waals surface area (Å²) in [7, 11) is 1.87. The normalized spacial score (nSPS) is 16.9. The van der Waals surface area contributed by atoms with E-state index in [-0.39, 0.29) is 5.54 Å². The first kappa shape index (κ1) is 21.2. The number of carboxylic acid groups (broad SMARTS) is 1. The smallest absolute Gasteiger partial charge is 0.407 e. The van der Waals surface area contributed by atoms with Crippen LogP contribution in [-0.2, 0) is 7.05 Å². The maximum atomic E-state index is 11.5. The number of anilines is 1. The van der Waals surface area contributed by atoms with E-state index in [9.17, 15) is 15.2 Å². The number of amides is 1. The standard InChI is InChI=1S/C25H24N8O2/c1-30-15-20(14-28-30)18-10-21(23-19(11-26)13-29-33(23)16-18)17-2-3-22(27-12-17)31-7-4-25(5-8-31)6-9-32(25)24(34)35/h2-3,10,12-16H,4-9H2,1H3,(H,34,35). The Hall–Kier alpha value is -4.39. The van der Waals surface area contributed by atoms with Gasteiger partial charge in [-0.2, -0.15) is 15.5 Å². The Bertz CT molecular complexity index is 1470. The molecular weight excluding hydrogens is 444 g/mol. The van der Waals surface area contributed by atoms with Gasteiger partial charge in [0.2, 0.25) is 0 Å². The van der Waals surface area contributed by atoms with Crippen LogP contribution in [0.2, 0.25) is 0 Å². The molecule has 6 heterocycles. The van der Waals surface area contributed by atoms with Crippen LogP contribution < -0.4 is 4.90 Å². The predicted octanol–water partition coefficient (Wildman–Crippen LogP) is 3.39. The van der Waals surface area contributed by atoms with E-state index in [0.717, 1.165) is 65.9 Å². The molecule has 2 saturated heterocycles. The molecule has 0 atom stereocenters. The van der Waals surface area contributed by atoms with Crippen molar-refractivity contribution >= 4 is 17.4 Å². The molecule has 1 spiro atoms. The summed E-state index contributed by atoms with van der Waals surface area (Å²) in [5, 5.41) is 27.7. The van der Waals surface area contributed by atoms with Crippen molar-refractivity contribution < 1.29 is 9.90 Å². The first-order valence-corrected chi connectivity index (χ1v) is 11.6. The van der Waals surface area contributed by atoms with Crippen LogP contribution in [0, 0.1) is 11.3 Å². The topological polar surface area (TPSA) is 116 Å². The van der Waals surface area contributed by atoms with Crippen molar-refractivity contribution in [1.82, 2.24) is 29.3 Å². The van der Waals surface area contributed by atoms with Crippen molar-refractivity contribution in [2.24, 2.45) is 7.05 Å². The van der Waals surface area contributed by atoms with Gasteiger partial charge in [0.1, 0.15) is 11.9 Å². The van der Waals surface area contributed by atoms with Gasteiger partial charge in [-0.25, -0.2) is 14.3 Å². The third-order valence-corrected chi connectivity index (χ3v) is 7.45. The maximum absolute atomic E-state index is 11.5. The van der Waals surface area contributed by atoms with Crippen LogP contribution in [0.3, 0.4) is 0 Å². The van der Waals surface area contributed by atoms with Gasteiger partial charge in [0.15, 0.2) is 0 Å². The number of fused-ring (bicyclic) bond motifs is 1. The lowest BCUT2D eigenvalue weighted by atomic mass is 9.76. The summed E-state index contributed by atoms with van der Waals surface area (Å²) in [6.07, 6.45) is 10.8. The molecule has 6 rings (SSSR count). The predicted molar refractivity (Wildman–Crippen MR) is 129 cm³/mol. The second-order valence-corrected chi connectivity index (χ2v) is 9.31. The average Bonchev–Trinajstić information content (AvgIpc) is 3.48. The van der Waals surface area contributed by atoms with Crippen LogP contribution in [0.4, 0.5) is 10.6 Å². The minimum atomic E-state index is -0.816. The van der Waals surface area contributed by atoms with Crippen LogP contribution in [0.25, 0.3) is 27.8 Å². The van der Waals surface area contributed by atoms with E-state index >= 15 is 0 Å². The number of aryl methyl sites for hydroxylation is 1. The number of nitrogens with zero attached hydrogens (tertiary/aromatic N) is 8. The minimum Gasteiger partial charge on any atom is -0.465 e. The van der Waals surface area contributed by atoms with Gasteiger partial charge < -0.3 is 14.9 Å². The lowest BCUT2D eigenvalue weighted by Crippen LogP contribution is -2.65. The van der Waals surface area contributed by atoms with E-state index in [0.29, 0.717) is 12.1 Å². The largest absolute Gasteiger partial charge is 0.465 e.